The van der Waals surface area contributed by atoms with Crippen molar-refractivity contribution in [2.45, 2.75) is 25.3 Å². The summed E-state index contributed by atoms with van der Waals surface area (Å²) < 4.78 is 13.2. The maximum atomic E-state index is 13.2. The van der Waals surface area contributed by atoms with E-state index in [9.17, 15) is 4.39 Å². The molecule has 0 aliphatic carbocycles. The SMILES string of the molecule is Fc1ccc2ccc(C3CCCCN3)nc2c1. The van der Waals surface area contributed by atoms with Gasteiger partial charge in [-0.15, -0.1) is 0 Å². The maximum Gasteiger partial charge on any atom is 0.125 e. The molecule has 2 nitrogen and oxygen atoms in total. The highest BCUT2D eigenvalue weighted by atomic mass is 19.1. The molecular formula is C14H15FN2. The predicted octanol–water partition coefficient (Wildman–Crippen LogP) is 3.19. The van der Waals surface area contributed by atoms with E-state index in [4.69, 9.17) is 0 Å². The number of halogens is 1. The van der Waals surface area contributed by atoms with Crippen molar-refractivity contribution >= 4 is 10.9 Å². The van der Waals surface area contributed by atoms with Crippen LogP contribution in [0.15, 0.2) is 30.3 Å². The lowest BCUT2D eigenvalue weighted by molar-refractivity contribution is 0.406. The van der Waals surface area contributed by atoms with Crippen LogP contribution in [0.3, 0.4) is 0 Å². The Bertz CT molecular complexity index is 533. The Labute approximate surface area is 99.9 Å². The van der Waals surface area contributed by atoms with E-state index in [1.165, 1.54) is 25.0 Å². The molecule has 17 heavy (non-hydrogen) atoms. The van der Waals surface area contributed by atoms with Crippen LogP contribution in [0.5, 0.6) is 0 Å². The number of pyridine rings is 1. The van der Waals surface area contributed by atoms with E-state index >= 15 is 0 Å². The van der Waals surface area contributed by atoms with Crippen LogP contribution in [0.25, 0.3) is 10.9 Å². The summed E-state index contributed by atoms with van der Waals surface area (Å²) >= 11 is 0. The number of piperidine rings is 1. The summed E-state index contributed by atoms with van der Waals surface area (Å²) in [5.74, 6) is -0.223. The van der Waals surface area contributed by atoms with Crippen molar-refractivity contribution in [2.24, 2.45) is 0 Å². The highest BCUT2D eigenvalue weighted by Gasteiger charge is 2.15. The van der Waals surface area contributed by atoms with E-state index in [-0.39, 0.29) is 5.82 Å². The topological polar surface area (TPSA) is 24.9 Å². The first-order valence-corrected chi connectivity index (χ1v) is 6.12. The zero-order valence-corrected chi connectivity index (χ0v) is 9.62. The molecule has 2 aromatic rings. The van der Waals surface area contributed by atoms with Crippen LogP contribution in [0.1, 0.15) is 31.0 Å². The number of hydrogen-bond donors (Lipinski definition) is 1. The molecule has 1 aromatic heterocycles. The molecule has 0 radical (unpaired) electrons. The summed E-state index contributed by atoms with van der Waals surface area (Å²) in [6, 6.07) is 9.15. The van der Waals surface area contributed by atoms with Crippen LogP contribution in [0, 0.1) is 5.82 Å². The van der Waals surface area contributed by atoms with E-state index in [0.717, 1.165) is 29.6 Å². The second-order valence-electron chi connectivity index (χ2n) is 4.58. The van der Waals surface area contributed by atoms with Gasteiger partial charge >= 0.3 is 0 Å². The fourth-order valence-electron chi connectivity index (χ4n) is 2.40. The smallest absolute Gasteiger partial charge is 0.125 e. The zero-order chi connectivity index (χ0) is 11.7. The van der Waals surface area contributed by atoms with Gasteiger partial charge in [0.2, 0.25) is 0 Å². The first-order chi connectivity index (χ1) is 8.33. The Morgan fingerprint density at radius 3 is 2.88 bits per heavy atom. The summed E-state index contributed by atoms with van der Waals surface area (Å²) in [7, 11) is 0. The summed E-state index contributed by atoms with van der Waals surface area (Å²) in [4.78, 5) is 4.56. The number of nitrogens with zero attached hydrogens (tertiary/aromatic N) is 1. The normalized spacial score (nSPS) is 20.6. The lowest BCUT2D eigenvalue weighted by atomic mass is 10.0. The molecule has 0 bridgehead atoms. The van der Waals surface area contributed by atoms with Gasteiger partial charge in [-0.1, -0.05) is 12.5 Å². The average molecular weight is 230 g/mol. The van der Waals surface area contributed by atoms with Gasteiger partial charge < -0.3 is 5.32 Å². The zero-order valence-electron chi connectivity index (χ0n) is 9.62. The minimum atomic E-state index is -0.223. The Morgan fingerprint density at radius 1 is 1.18 bits per heavy atom. The molecule has 0 amide bonds. The second kappa shape index (κ2) is 4.41. The number of nitrogens with one attached hydrogen (secondary N) is 1. The highest BCUT2D eigenvalue weighted by molar-refractivity contribution is 5.78. The Balaban J connectivity index is 1.99. The second-order valence-corrected chi connectivity index (χ2v) is 4.58. The third kappa shape index (κ3) is 2.15. The molecule has 1 aliphatic rings. The Morgan fingerprint density at radius 2 is 2.06 bits per heavy atom. The van der Waals surface area contributed by atoms with Gasteiger partial charge in [-0.05, 0) is 37.6 Å². The third-order valence-corrected chi connectivity index (χ3v) is 3.34. The quantitative estimate of drug-likeness (QED) is 0.813. The standard InChI is InChI=1S/C14H15FN2/c15-11-6-4-10-5-7-13(17-14(10)9-11)12-3-1-2-8-16-12/h4-7,9,12,16H,1-3,8H2. The van der Waals surface area contributed by atoms with Crippen molar-refractivity contribution in [3.8, 4) is 0 Å². The molecule has 88 valence electrons. The van der Waals surface area contributed by atoms with Crippen molar-refractivity contribution in [1.82, 2.24) is 10.3 Å². The summed E-state index contributed by atoms with van der Waals surface area (Å²) in [6.07, 6.45) is 3.59. The van der Waals surface area contributed by atoms with Crippen molar-refractivity contribution in [1.29, 1.82) is 0 Å². The van der Waals surface area contributed by atoms with Gasteiger partial charge in [-0.3, -0.25) is 4.98 Å². The number of rotatable bonds is 1. The van der Waals surface area contributed by atoms with E-state index in [2.05, 4.69) is 10.3 Å². The lowest BCUT2D eigenvalue weighted by Gasteiger charge is -2.23. The van der Waals surface area contributed by atoms with Crippen LogP contribution in [-0.2, 0) is 0 Å². The van der Waals surface area contributed by atoms with E-state index < -0.39 is 0 Å². The number of fused-ring (bicyclic) bond motifs is 1. The molecule has 0 spiro atoms. The van der Waals surface area contributed by atoms with Crippen molar-refractivity contribution in [3.63, 3.8) is 0 Å². The predicted molar refractivity (Wildman–Crippen MR) is 66.3 cm³/mol. The molecule has 1 unspecified atom stereocenters. The summed E-state index contributed by atoms with van der Waals surface area (Å²) in [6.45, 7) is 1.05. The molecule has 1 fully saturated rings. The van der Waals surface area contributed by atoms with Crippen LogP contribution >= 0.6 is 0 Å². The van der Waals surface area contributed by atoms with Gasteiger partial charge in [0.15, 0.2) is 0 Å². The summed E-state index contributed by atoms with van der Waals surface area (Å²) in [5.41, 5.74) is 1.78. The molecule has 3 heteroatoms. The first-order valence-electron chi connectivity index (χ1n) is 6.12. The lowest BCUT2D eigenvalue weighted by Crippen LogP contribution is -2.27. The molecule has 1 N–H and O–H groups in total. The fourth-order valence-corrected chi connectivity index (χ4v) is 2.40. The van der Waals surface area contributed by atoms with Crippen molar-refractivity contribution < 1.29 is 4.39 Å². The van der Waals surface area contributed by atoms with Crippen LogP contribution in [0.2, 0.25) is 0 Å². The minimum Gasteiger partial charge on any atom is -0.309 e. The van der Waals surface area contributed by atoms with Crippen LogP contribution in [-0.4, -0.2) is 11.5 Å². The van der Waals surface area contributed by atoms with Crippen LogP contribution in [0.4, 0.5) is 4.39 Å². The van der Waals surface area contributed by atoms with E-state index in [0.29, 0.717) is 6.04 Å². The molecule has 2 heterocycles. The molecule has 1 atom stereocenters. The van der Waals surface area contributed by atoms with E-state index in [1.807, 2.05) is 12.1 Å². The molecule has 3 rings (SSSR count). The Hall–Kier alpha value is -1.48. The fraction of sp³-hybridized carbons (Fsp3) is 0.357. The molecule has 0 saturated carbocycles. The van der Waals surface area contributed by atoms with Gasteiger partial charge in [0.25, 0.3) is 0 Å². The maximum absolute atomic E-state index is 13.2. The van der Waals surface area contributed by atoms with Gasteiger partial charge in [-0.25, -0.2) is 4.39 Å². The third-order valence-electron chi connectivity index (χ3n) is 3.34. The van der Waals surface area contributed by atoms with E-state index in [1.54, 1.807) is 6.07 Å². The largest absolute Gasteiger partial charge is 0.309 e. The minimum absolute atomic E-state index is 0.223. The van der Waals surface area contributed by atoms with Gasteiger partial charge in [-0.2, -0.15) is 0 Å². The van der Waals surface area contributed by atoms with Gasteiger partial charge in [0, 0.05) is 17.5 Å². The average Bonchev–Trinajstić information content (AvgIpc) is 2.39. The van der Waals surface area contributed by atoms with Gasteiger partial charge in [0.1, 0.15) is 5.82 Å². The first kappa shape index (κ1) is 10.7. The molecule has 1 saturated heterocycles. The molecule has 1 aromatic carbocycles. The van der Waals surface area contributed by atoms with Crippen molar-refractivity contribution in [2.75, 3.05) is 6.54 Å². The number of hydrogen-bond acceptors (Lipinski definition) is 2. The summed E-state index contributed by atoms with van der Waals surface area (Å²) in [5, 5.41) is 4.45. The van der Waals surface area contributed by atoms with Gasteiger partial charge in [0.05, 0.1) is 11.2 Å². The monoisotopic (exact) mass is 230 g/mol. The van der Waals surface area contributed by atoms with Crippen LogP contribution < -0.4 is 5.32 Å². The highest BCUT2D eigenvalue weighted by Crippen LogP contribution is 2.23. The molecule has 1 aliphatic heterocycles. The molecular weight excluding hydrogens is 215 g/mol. The Kier molecular flexibility index (Phi) is 2.77. The number of aromatic nitrogens is 1. The van der Waals surface area contributed by atoms with Crippen molar-refractivity contribution in [3.05, 3.63) is 41.8 Å². The number of benzene rings is 1.